The van der Waals surface area contributed by atoms with Gasteiger partial charge in [-0.1, -0.05) is 45.4 Å². The van der Waals surface area contributed by atoms with E-state index in [9.17, 15) is 4.79 Å². The van der Waals surface area contributed by atoms with Crippen molar-refractivity contribution in [2.24, 2.45) is 0 Å². The van der Waals surface area contributed by atoms with Crippen LogP contribution in [0, 0.1) is 0 Å². The van der Waals surface area contributed by atoms with E-state index in [4.69, 9.17) is 0 Å². The summed E-state index contributed by atoms with van der Waals surface area (Å²) in [6.45, 7) is 6.37. The van der Waals surface area contributed by atoms with Crippen LogP contribution in [0.3, 0.4) is 0 Å². The standard InChI is InChI=1S/C18H24N4O/c1-4-5-10-18(23)20-17-12-11-16(21-22-17)19-15-9-7-6-8-14(15)13(2)3/h6-9,11-13H,4-5,10H2,1-3H3,(H,19,21)(H,20,22,23). The first kappa shape index (κ1) is 16.9. The Hall–Kier alpha value is -2.43. The molecule has 2 rings (SSSR count). The number of carbonyl (C=O) groups is 1. The topological polar surface area (TPSA) is 66.9 Å². The van der Waals surface area contributed by atoms with E-state index in [1.54, 1.807) is 6.07 Å². The van der Waals surface area contributed by atoms with E-state index in [0.29, 0.717) is 24.0 Å². The van der Waals surface area contributed by atoms with Gasteiger partial charge in [-0.25, -0.2) is 0 Å². The summed E-state index contributed by atoms with van der Waals surface area (Å²) in [5.41, 5.74) is 2.25. The van der Waals surface area contributed by atoms with Gasteiger partial charge in [-0.2, -0.15) is 0 Å². The van der Waals surface area contributed by atoms with Crippen LogP contribution in [0.5, 0.6) is 0 Å². The first-order chi connectivity index (χ1) is 11.1. The minimum Gasteiger partial charge on any atom is -0.338 e. The molecule has 0 saturated heterocycles. The Balaban J connectivity index is 2.02. The maximum atomic E-state index is 11.7. The fourth-order valence-corrected chi connectivity index (χ4v) is 2.26. The van der Waals surface area contributed by atoms with Crippen LogP contribution in [0.25, 0.3) is 0 Å². The molecule has 0 radical (unpaired) electrons. The summed E-state index contributed by atoms with van der Waals surface area (Å²) in [5.74, 6) is 1.54. The number of benzene rings is 1. The Labute approximate surface area is 137 Å². The molecule has 2 aromatic rings. The third-order valence-corrected chi connectivity index (χ3v) is 3.53. The SMILES string of the molecule is CCCCC(=O)Nc1ccc(Nc2ccccc2C(C)C)nn1. The second-order valence-corrected chi connectivity index (χ2v) is 5.82. The molecule has 0 aliphatic carbocycles. The van der Waals surface area contributed by atoms with Gasteiger partial charge in [-0.3, -0.25) is 4.79 Å². The number of unbranched alkanes of at least 4 members (excludes halogenated alkanes) is 1. The van der Waals surface area contributed by atoms with E-state index in [1.165, 1.54) is 5.56 Å². The summed E-state index contributed by atoms with van der Waals surface area (Å²) in [7, 11) is 0. The van der Waals surface area contributed by atoms with Crippen molar-refractivity contribution in [2.75, 3.05) is 10.6 Å². The number of nitrogens with zero attached hydrogens (tertiary/aromatic N) is 2. The Morgan fingerprint density at radius 3 is 2.43 bits per heavy atom. The average molecular weight is 312 g/mol. The van der Waals surface area contributed by atoms with Gasteiger partial charge in [-0.05, 0) is 36.1 Å². The Morgan fingerprint density at radius 1 is 1.09 bits per heavy atom. The molecule has 0 fully saturated rings. The summed E-state index contributed by atoms with van der Waals surface area (Å²) in [6.07, 6.45) is 2.39. The molecule has 2 N–H and O–H groups in total. The minimum atomic E-state index is -0.0213. The van der Waals surface area contributed by atoms with Crippen molar-refractivity contribution in [3.8, 4) is 0 Å². The van der Waals surface area contributed by atoms with E-state index < -0.39 is 0 Å². The zero-order chi connectivity index (χ0) is 16.7. The van der Waals surface area contributed by atoms with Gasteiger partial charge in [0.25, 0.3) is 0 Å². The van der Waals surface area contributed by atoms with E-state index in [0.717, 1.165) is 18.5 Å². The number of anilines is 3. The first-order valence-electron chi connectivity index (χ1n) is 8.09. The number of hydrogen-bond acceptors (Lipinski definition) is 4. The van der Waals surface area contributed by atoms with E-state index >= 15 is 0 Å². The quantitative estimate of drug-likeness (QED) is 0.791. The van der Waals surface area contributed by atoms with Crippen molar-refractivity contribution in [2.45, 2.75) is 46.0 Å². The molecular formula is C18H24N4O. The van der Waals surface area contributed by atoms with Crippen LogP contribution in [0.4, 0.5) is 17.3 Å². The maximum absolute atomic E-state index is 11.7. The van der Waals surface area contributed by atoms with Crippen molar-refractivity contribution < 1.29 is 4.79 Å². The number of amides is 1. The van der Waals surface area contributed by atoms with Crippen molar-refractivity contribution >= 4 is 23.2 Å². The lowest BCUT2D eigenvalue weighted by Gasteiger charge is -2.13. The zero-order valence-corrected chi connectivity index (χ0v) is 14.0. The van der Waals surface area contributed by atoms with Gasteiger partial charge < -0.3 is 10.6 Å². The van der Waals surface area contributed by atoms with Crippen molar-refractivity contribution in [3.05, 3.63) is 42.0 Å². The molecule has 0 atom stereocenters. The van der Waals surface area contributed by atoms with Gasteiger partial charge in [0.1, 0.15) is 0 Å². The summed E-state index contributed by atoms with van der Waals surface area (Å²) in [5, 5.41) is 14.2. The van der Waals surface area contributed by atoms with Crippen LogP contribution in [0.1, 0.15) is 51.5 Å². The monoisotopic (exact) mass is 312 g/mol. The van der Waals surface area contributed by atoms with Gasteiger partial charge in [0, 0.05) is 12.1 Å². The number of rotatable bonds is 7. The number of aromatic nitrogens is 2. The number of nitrogens with one attached hydrogen (secondary N) is 2. The molecule has 5 heteroatoms. The van der Waals surface area contributed by atoms with Gasteiger partial charge in [0.15, 0.2) is 11.6 Å². The van der Waals surface area contributed by atoms with Gasteiger partial charge in [-0.15, -0.1) is 10.2 Å². The Bertz CT molecular complexity index is 638. The van der Waals surface area contributed by atoms with E-state index in [2.05, 4.69) is 47.7 Å². The fraction of sp³-hybridized carbons (Fsp3) is 0.389. The number of hydrogen-bond donors (Lipinski definition) is 2. The van der Waals surface area contributed by atoms with Crippen molar-refractivity contribution in [1.82, 2.24) is 10.2 Å². The average Bonchev–Trinajstić information content (AvgIpc) is 2.55. The lowest BCUT2D eigenvalue weighted by molar-refractivity contribution is -0.116. The minimum absolute atomic E-state index is 0.0213. The summed E-state index contributed by atoms with van der Waals surface area (Å²) < 4.78 is 0. The summed E-state index contributed by atoms with van der Waals surface area (Å²) in [4.78, 5) is 11.7. The highest BCUT2D eigenvalue weighted by Gasteiger charge is 2.07. The summed E-state index contributed by atoms with van der Waals surface area (Å²) >= 11 is 0. The maximum Gasteiger partial charge on any atom is 0.225 e. The van der Waals surface area contributed by atoms with Crippen LogP contribution in [-0.4, -0.2) is 16.1 Å². The van der Waals surface area contributed by atoms with Crippen LogP contribution >= 0.6 is 0 Å². The highest BCUT2D eigenvalue weighted by atomic mass is 16.1. The smallest absolute Gasteiger partial charge is 0.225 e. The molecule has 1 aromatic carbocycles. The molecule has 1 heterocycles. The third-order valence-electron chi connectivity index (χ3n) is 3.53. The number of para-hydroxylation sites is 1. The zero-order valence-electron chi connectivity index (χ0n) is 14.0. The molecule has 0 aliphatic rings. The highest BCUT2D eigenvalue weighted by Crippen LogP contribution is 2.26. The first-order valence-corrected chi connectivity index (χ1v) is 8.09. The molecule has 122 valence electrons. The van der Waals surface area contributed by atoms with E-state index in [-0.39, 0.29) is 5.91 Å². The predicted octanol–water partition coefficient (Wildman–Crippen LogP) is 4.47. The molecule has 0 aliphatic heterocycles. The van der Waals surface area contributed by atoms with Gasteiger partial charge in [0.2, 0.25) is 5.91 Å². The molecule has 5 nitrogen and oxygen atoms in total. The molecule has 1 amide bonds. The van der Waals surface area contributed by atoms with E-state index in [1.807, 2.05) is 24.3 Å². The van der Waals surface area contributed by atoms with Gasteiger partial charge >= 0.3 is 0 Å². The van der Waals surface area contributed by atoms with Crippen LogP contribution in [-0.2, 0) is 4.79 Å². The normalized spacial score (nSPS) is 10.6. The van der Waals surface area contributed by atoms with Crippen LogP contribution in [0.15, 0.2) is 36.4 Å². The van der Waals surface area contributed by atoms with Crippen LogP contribution in [0.2, 0.25) is 0 Å². The second kappa shape index (κ2) is 8.27. The third kappa shape index (κ3) is 5.06. The largest absolute Gasteiger partial charge is 0.338 e. The molecule has 0 spiro atoms. The van der Waals surface area contributed by atoms with Crippen LogP contribution < -0.4 is 10.6 Å². The molecule has 0 saturated carbocycles. The van der Waals surface area contributed by atoms with Crippen molar-refractivity contribution in [1.29, 1.82) is 0 Å². The fourth-order valence-electron chi connectivity index (χ4n) is 2.26. The predicted molar refractivity (Wildman–Crippen MR) is 94.0 cm³/mol. The molecular weight excluding hydrogens is 288 g/mol. The Morgan fingerprint density at radius 2 is 1.78 bits per heavy atom. The summed E-state index contributed by atoms with van der Waals surface area (Å²) in [6, 6.07) is 11.7. The van der Waals surface area contributed by atoms with Gasteiger partial charge in [0.05, 0.1) is 0 Å². The lowest BCUT2D eigenvalue weighted by Crippen LogP contribution is -2.12. The second-order valence-electron chi connectivity index (χ2n) is 5.82. The Kier molecular flexibility index (Phi) is 6.09. The highest BCUT2D eigenvalue weighted by molar-refractivity contribution is 5.89. The number of carbonyl (C=O) groups excluding carboxylic acids is 1. The molecule has 0 bridgehead atoms. The molecule has 23 heavy (non-hydrogen) atoms. The molecule has 1 aromatic heterocycles. The lowest BCUT2D eigenvalue weighted by atomic mass is 10.0. The van der Waals surface area contributed by atoms with Crippen molar-refractivity contribution in [3.63, 3.8) is 0 Å². The molecule has 0 unspecified atom stereocenters.